The standard InChI is InChI=1S/C24H32N4O/c1-2-21-8-4-7-15-28(21)23-16-19(17-25-18-23)24(29)26-20-9-11-22(12-10-20)27-13-5-3-6-14-27/h9-12,16-18,21H,2-8,13-15H2,1H3,(H,26,29). The number of anilines is 3. The molecule has 1 aromatic carbocycles. The van der Waals surface area contributed by atoms with Crippen molar-refractivity contribution in [2.75, 3.05) is 34.8 Å². The molecule has 2 saturated heterocycles. The van der Waals surface area contributed by atoms with Gasteiger partial charge in [0.05, 0.1) is 17.4 Å². The molecule has 5 nitrogen and oxygen atoms in total. The van der Waals surface area contributed by atoms with Gasteiger partial charge >= 0.3 is 0 Å². The van der Waals surface area contributed by atoms with Crippen LogP contribution in [0.1, 0.15) is 62.2 Å². The molecule has 154 valence electrons. The van der Waals surface area contributed by atoms with Crippen LogP contribution in [-0.2, 0) is 0 Å². The first-order chi connectivity index (χ1) is 14.2. The molecule has 0 radical (unpaired) electrons. The molecule has 2 aromatic rings. The highest BCUT2D eigenvalue weighted by Crippen LogP contribution is 2.27. The molecule has 0 aliphatic carbocycles. The number of pyridine rings is 1. The van der Waals surface area contributed by atoms with E-state index in [1.165, 1.54) is 44.2 Å². The molecule has 1 amide bonds. The highest BCUT2D eigenvalue weighted by atomic mass is 16.1. The van der Waals surface area contributed by atoms with Gasteiger partial charge in [0.1, 0.15) is 0 Å². The van der Waals surface area contributed by atoms with Crippen molar-refractivity contribution in [3.63, 3.8) is 0 Å². The Hall–Kier alpha value is -2.56. The summed E-state index contributed by atoms with van der Waals surface area (Å²) in [4.78, 5) is 22.0. The number of aromatic nitrogens is 1. The molecule has 2 fully saturated rings. The Balaban J connectivity index is 1.43. The summed E-state index contributed by atoms with van der Waals surface area (Å²) in [7, 11) is 0. The first kappa shape index (κ1) is 19.7. The summed E-state index contributed by atoms with van der Waals surface area (Å²) < 4.78 is 0. The molecule has 4 rings (SSSR count). The molecule has 2 aliphatic rings. The van der Waals surface area contributed by atoms with E-state index in [1.807, 2.05) is 24.4 Å². The fraction of sp³-hybridized carbons (Fsp3) is 0.500. The van der Waals surface area contributed by atoms with Crippen LogP contribution in [0.15, 0.2) is 42.7 Å². The number of piperidine rings is 2. The van der Waals surface area contributed by atoms with E-state index < -0.39 is 0 Å². The zero-order valence-electron chi connectivity index (χ0n) is 17.4. The van der Waals surface area contributed by atoms with E-state index in [1.54, 1.807) is 6.20 Å². The second-order valence-corrected chi connectivity index (χ2v) is 8.23. The number of benzene rings is 1. The molecule has 1 aromatic heterocycles. The number of nitrogens with one attached hydrogen (secondary N) is 1. The Morgan fingerprint density at radius 1 is 1.00 bits per heavy atom. The third-order valence-electron chi connectivity index (χ3n) is 6.26. The predicted molar refractivity (Wildman–Crippen MR) is 120 cm³/mol. The van der Waals surface area contributed by atoms with Gasteiger partial charge in [-0.05, 0) is 75.3 Å². The van der Waals surface area contributed by atoms with E-state index in [4.69, 9.17) is 0 Å². The summed E-state index contributed by atoms with van der Waals surface area (Å²) in [6.45, 7) is 5.53. The van der Waals surface area contributed by atoms with Gasteiger partial charge in [0, 0.05) is 43.2 Å². The first-order valence-corrected chi connectivity index (χ1v) is 11.1. The van der Waals surface area contributed by atoms with Gasteiger partial charge in [0.15, 0.2) is 0 Å². The molecule has 1 unspecified atom stereocenters. The maximum atomic E-state index is 12.8. The summed E-state index contributed by atoms with van der Waals surface area (Å²) in [6.07, 6.45) is 12.2. The van der Waals surface area contributed by atoms with Gasteiger partial charge in [-0.2, -0.15) is 0 Å². The molecular weight excluding hydrogens is 360 g/mol. The van der Waals surface area contributed by atoms with Gasteiger partial charge in [0.25, 0.3) is 5.91 Å². The van der Waals surface area contributed by atoms with Gasteiger partial charge in [-0.15, -0.1) is 0 Å². The molecule has 3 heterocycles. The Morgan fingerprint density at radius 3 is 2.52 bits per heavy atom. The highest BCUT2D eigenvalue weighted by Gasteiger charge is 2.22. The van der Waals surface area contributed by atoms with Crippen LogP contribution in [0.25, 0.3) is 0 Å². The van der Waals surface area contributed by atoms with Crippen LogP contribution in [0, 0.1) is 0 Å². The monoisotopic (exact) mass is 392 g/mol. The lowest BCUT2D eigenvalue weighted by Crippen LogP contribution is -2.39. The highest BCUT2D eigenvalue weighted by molar-refractivity contribution is 6.04. The quantitative estimate of drug-likeness (QED) is 0.770. The predicted octanol–water partition coefficient (Wildman–Crippen LogP) is 5.09. The second kappa shape index (κ2) is 9.29. The Bertz CT molecular complexity index is 814. The van der Waals surface area contributed by atoms with E-state index in [0.717, 1.165) is 37.4 Å². The van der Waals surface area contributed by atoms with E-state index in [0.29, 0.717) is 11.6 Å². The molecule has 0 spiro atoms. The van der Waals surface area contributed by atoms with Crippen molar-refractivity contribution in [3.8, 4) is 0 Å². The van der Waals surface area contributed by atoms with Crippen molar-refractivity contribution in [2.45, 2.75) is 57.9 Å². The number of carbonyl (C=O) groups excluding carboxylic acids is 1. The average molecular weight is 393 g/mol. The Morgan fingerprint density at radius 2 is 1.76 bits per heavy atom. The molecule has 0 bridgehead atoms. The van der Waals surface area contributed by atoms with Crippen LogP contribution >= 0.6 is 0 Å². The zero-order valence-corrected chi connectivity index (χ0v) is 17.4. The molecule has 29 heavy (non-hydrogen) atoms. The van der Waals surface area contributed by atoms with Gasteiger partial charge in [-0.3, -0.25) is 9.78 Å². The molecule has 2 aliphatic heterocycles. The van der Waals surface area contributed by atoms with Gasteiger partial charge < -0.3 is 15.1 Å². The van der Waals surface area contributed by atoms with Gasteiger partial charge in [-0.25, -0.2) is 0 Å². The van der Waals surface area contributed by atoms with E-state index in [9.17, 15) is 4.79 Å². The molecule has 1 N–H and O–H groups in total. The maximum absolute atomic E-state index is 12.8. The molecular formula is C24H32N4O. The lowest BCUT2D eigenvalue weighted by molar-refractivity contribution is 0.102. The molecule has 5 heteroatoms. The third-order valence-corrected chi connectivity index (χ3v) is 6.26. The maximum Gasteiger partial charge on any atom is 0.257 e. The number of amides is 1. The van der Waals surface area contributed by atoms with Crippen molar-refractivity contribution in [1.29, 1.82) is 0 Å². The zero-order chi connectivity index (χ0) is 20.1. The first-order valence-electron chi connectivity index (χ1n) is 11.1. The minimum absolute atomic E-state index is 0.102. The lowest BCUT2D eigenvalue weighted by Gasteiger charge is -2.37. The summed E-state index contributed by atoms with van der Waals surface area (Å²) in [5.74, 6) is -0.102. The topological polar surface area (TPSA) is 48.5 Å². The van der Waals surface area contributed by atoms with Crippen molar-refractivity contribution in [2.24, 2.45) is 0 Å². The summed E-state index contributed by atoms with van der Waals surface area (Å²) >= 11 is 0. The van der Waals surface area contributed by atoms with Crippen LogP contribution < -0.4 is 15.1 Å². The van der Waals surface area contributed by atoms with Crippen LogP contribution in [0.3, 0.4) is 0 Å². The van der Waals surface area contributed by atoms with E-state index >= 15 is 0 Å². The third kappa shape index (κ3) is 4.72. The minimum Gasteiger partial charge on any atom is -0.372 e. The van der Waals surface area contributed by atoms with Crippen molar-refractivity contribution in [3.05, 3.63) is 48.3 Å². The largest absolute Gasteiger partial charge is 0.372 e. The number of nitrogens with zero attached hydrogens (tertiary/aromatic N) is 3. The Labute approximate surface area is 174 Å². The summed E-state index contributed by atoms with van der Waals surface area (Å²) in [5, 5.41) is 3.03. The van der Waals surface area contributed by atoms with Crippen LogP contribution in [0.2, 0.25) is 0 Å². The van der Waals surface area contributed by atoms with Crippen LogP contribution in [0.5, 0.6) is 0 Å². The summed E-state index contributed by atoms with van der Waals surface area (Å²) in [5.41, 5.74) is 3.74. The van der Waals surface area contributed by atoms with Crippen molar-refractivity contribution < 1.29 is 4.79 Å². The van der Waals surface area contributed by atoms with Crippen molar-refractivity contribution >= 4 is 23.0 Å². The number of hydrogen-bond acceptors (Lipinski definition) is 4. The van der Waals surface area contributed by atoms with Crippen LogP contribution in [0.4, 0.5) is 17.1 Å². The smallest absolute Gasteiger partial charge is 0.257 e. The number of rotatable bonds is 5. The minimum atomic E-state index is -0.102. The number of carbonyl (C=O) groups is 1. The van der Waals surface area contributed by atoms with Gasteiger partial charge in [-0.1, -0.05) is 6.92 Å². The normalized spacial score (nSPS) is 19.8. The summed E-state index contributed by atoms with van der Waals surface area (Å²) in [6, 6.07) is 10.7. The fourth-order valence-corrected chi connectivity index (χ4v) is 4.58. The fourth-order valence-electron chi connectivity index (χ4n) is 4.58. The second-order valence-electron chi connectivity index (χ2n) is 8.23. The number of hydrogen-bond donors (Lipinski definition) is 1. The Kier molecular flexibility index (Phi) is 6.33. The van der Waals surface area contributed by atoms with Crippen molar-refractivity contribution in [1.82, 2.24) is 4.98 Å². The van der Waals surface area contributed by atoms with Gasteiger partial charge in [0.2, 0.25) is 0 Å². The van der Waals surface area contributed by atoms with Crippen LogP contribution in [-0.4, -0.2) is 36.6 Å². The van der Waals surface area contributed by atoms with E-state index in [2.05, 4.69) is 39.2 Å². The van der Waals surface area contributed by atoms with E-state index in [-0.39, 0.29) is 5.91 Å². The molecule has 1 atom stereocenters. The SMILES string of the molecule is CCC1CCCCN1c1cncc(C(=O)Nc2ccc(N3CCCCC3)cc2)c1. The molecule has 0 saturated carbocycles. The lowest BCUT2D eigenvalue weighted by atomic mass is 9.99. The average Bonchev–Trinajstić information content (AvgIpc) is 2.80.